The lowest BCUT2D eigenvalue weighted by Gasteiger charge is -2.24. The van der Waals surface area contributed by atoms with Crippen LogP contribution in [-0.2, 0) is 0 Å². The molecule has 0 spiro atoms. The average molecular weight is 399 g/mol. The number of anilines is 3. The van der Waals surface area contributed by atoms with Crippen LogP contribution in [0.1, 0.15) is 0 Å². The number of nitrogens with zero attached hydrogens (tertiary/aromatic N) is 3. The van der Waals surface area contributed by atoms with Crippen LogP contribution < -0.4 is 4.90 Å². The monoisotopic (exact) mass is 399 g/mol. The van der Waals surface area contributed by atoms with Crippen molar-refractivity contribution in [1.82, 2.24) is 9.97 Å². The van der Waals surface area contributed by atoms with Gasteiger partial charge in [0.05, 0.1) is 17.1 Å². The van der Waals surface area contributed by atoms with Gasteiger partial charge in [0, 0.05) is 16.9 Å². The van der Waals surface area contributed by atoms with E-state index in [1.165, 1.54) is 0 Å². The largest absolute Gasteiger partial charge is 0.295 e. The molecule has 0 unspecified atom stereocenters. The maximum atomic E-state index is 4.99. The second kappa shape index (κ2) is 8.64. The molecule has 148 valence electrons. The van der Waals surface area contributed by atoms with E-state index in [1.54, 1.807) is 0 Å². The van der Waals surface area contributed by atoms with Crippen LogP contribution in [0.4, 0.5) is 17.2 Å². The topological polar surface area (TPSA) is 29.0 Å². The van der Waals surface area contributed by atoms with Crippen LogP contribution in [0.3, 0.4) is 0 Å². The third-order valence-corrected chi connectivity index (χ3v) is 5.07. The second-order valence-corrected chi connectivity index (χ2v) is 7.16. The van der Waals surface area contributed by atoms with Crippen LogP contribution in [-0.4, -0.2) is 9.97 Å². The highest BCUT2D eigenvalue weighted by molar-refractivity contribution is 5.75. The van der Waals surface area contributed by atoms with Crippen molar-refractivity contribution in [2.45, 2.75) is 0 Å². The maximum Gasteiger partial charge on any atom is 0.138 e. The van der Waals surface area contributed by atoms with E-state index in [9.17, 15) is 0 Å². The average Bonchev–Trinajstić information content (AvgIpc) is 2.86. The predicted molar refractivity (Wildman–Crippen MR) is 128 cm³/mol. The molecule has 5 rings (SSSR count). The van der Waals surface area contributed by atoms with Gasteiger partial charge in [-0.3, -0.25) is 4.90 Å². The first kappa shape index (κ1) is 18.8. The molecule has 0 amide bonds. The minimum atomic E-state index is 0.840. The Morgan fingerprint density at radius 3 is 1.48 bits per heavy atom. The third kappa shape index (κ3) is 4.07. The molecule has 0 bridgehead atoms. The Kier molecular flexibility index (Phi) is 5.23. The summed E-state index contributed by atoms with van der Waals surface area (Å²) in [4.78, 5) is 12.0. The number of rotatable bonds is 5. The molecule has 0 radical (unpaired) electrons. The molecule has 3 nitrogen and oxygen atoms in total. The quantitative estimate of drug-likeness (QED) is 0.311. The lowest BCUT2D eigenvalue weighted by molar-refractivity contribution is 1.17. The van der Waals surface area contributed by atoms with Crippen molar-refractivity contribution in [2.24, 2.45) is 0 Å². The molecule has 0 aliphatic heterocycles. The van der Waals surface area contributed by atoms with Crippen LogP contribution in [0.15, 0.2) is 127 Å². The van der Waals surface area contributed by atoms with Gasteiger partial charge in [-0.25, -0.2) is 9.97 Å². The van der Waals surface area contributed by atoms with E-state index >= 15 is 0 Å². The minimum absolute atomic E-state index is 0.840. The van der Waals surface area contributed by atoms with E-state index in [1.807, 2.05) is 91.0 Å². The third-order valence-electron chi connectivity index (χ3n) is 5.07. The Morgan fingerprint density at radius 1 is 0.387 bits per heavy atom. The number of benzene rings is 3. The highest BCUT2D eigenvalue weighted by atomic mass is 15.2. The Bertz CT molecular complexity index is 1230. The van der Waals surface area contributed by atoms with Crippen molar-refractivity contribution in [3.63, 3.8) is 0 Å². The summed E-state index contributed by atoms with van der Waals surface area (Å²) in [5.74, 6) is 0.849. The summed E-state index contributed by atoms with van der Waals surface area (Å²) in [7, 11) is 0. The summed E-state index contributed by atoms with van der Waals surface area (Å²) in [5.41, 5.74) is 5.84. The van der Waals surface area contributed by atoms with E-state index in [4.69, 9.17) is 9.97 Å². The van der Waals surface area contributed by atoms with Crippen molar-refractivity contribution in [3.8, 4) is 22.6 Å². The van der Waals surface area contributed by atoms with E-state index in [0.717, 1.165) is 39.8 Å². The normalized spacial score (nSPS) is 10.6. The Balaban J connectivity index is 1.58. The van der Waals surface area contributed by atoms with Gasteiger partial charge in [0.1, 0.15) is 5.82 Å². The fraction of sp³-hybridized carbons (Fsp3) is 0. The molecule has 0 saturated heterocycles. The number of aromatic nitrogens is 2. The molecular formula is C28H21N3. The molecule has 0 saturated carbocycles. The molecular weight excluding hydrogens is 378 g/mol. The van der Waals surface area contributed by atoms with E-state index < -0.39 is 0 Å². The van der Waals surface area contributed by atoms with Crippen molar-refractivity contribution < 1.29 is 0 Å². The number of hydrogen-bond acceptors (Lipinski definition) is 3. The van der Waals surface area contributed by atoms with Gasteiger partial charge in [-0.15, -0.1) is 0 Å². The standard InChI is InChI=1S/C28H21N3/c1-4-12-22(13-5-1)25-18-10-19-26(29-25)27-20-11-21-28(30-27)31(23-14-6-2-7-15-23)24-16-8-3-9-17-24/h1-21H. The summed E-state index contributed by atoms with van der Waals surface area (Å²) >= 11 is 0. The van der Waals surface area contributed by atoms with Crippen LogP contribution in [0.5, 0.6) is 0 Å². The van der Waals surface area contributed by atoms with E-state index in [0.29, 0.717) is 0 Å². The molecule has 2 heterocycles. The lowest BCUT2D eigenvalue weighted by atomic mass is 10.1. The molecule has 0 aliphatic rings. The van der Waals surface area contributed by atoms with Crippen LogP contribution in [0.25, 0.3) is 22.6 Å². The SMILES string of the molecule is c1ccc(-c2cccc(-c3cccc(N(c4ccccc4)c4ccccc4)n3)n2)cc1. The van der Waals surface area contributed by atoms with Gasteiger partial charge in [0.15, 0.2) is 0 Å². The second-order valence-electron chi connectivity index (χ2n) is 7.16. The highest BCUT2D eigenvalue weighted by Crippen LogP contribution is 2.34. The molecule has 5 aromatic rings. The summed E-state index contributed by atoms with van der Waals surface area (Å²) < 4.78 is 0. The smallest absolute Gasteiger partial charge is 0.138 e. The fourth-order valence-corrected chi connectivity index (χ4v) is 3.61. The van der Waals surface area contributed by atoms with Gasteiger partial charge in [0.25, 0.3) is 0 Å². The molecule has 2 aromatic heterocycles. The molecule has 0 aliphatic carbocycles. The maximum absolute atomic E-state index is 4.99. The predicted octanol–water partition coefficient (Wildman–Crippen LogP) is 7.28. The summed E-state index contributed by atoms with van der Waals surface area (Å²) in [5, 5.41) is 0. The van der Waals surface area contributed by atoms with E-state index in [-0.39, 0.29) is 0 Å². The zero-order chi connectivity index (χ0) is 20.9. The number of pyridine rings is 2. The van der Waals surface area contributed by atoms with Crippen LogP contribution in [0, 0.1) is 0 Å². The van der Waals surface area contributed by atoms with Gasteiger partial charge in [-0.05, 0) is 48.5 Å². The number of hydrogen-bond donors (Lipinski definition) is 0. The van der Waals surface area contributed by atoms with Gasteiger partial charge in [0.2, 0.25) is 0 Å². The zero-order valence-electron chi connectivity index (χ0n) is 17.0. The van der Waals surface area contributed by atoms with Gasteiger partial charge in [-0.2, -0.15) is 0 Å². The molecule has 31 heavy (non-hydrogen) atoms. The summed E-state index contributed by atoms with van der Waals surface area (Å²) in [6.07, 6.45) is 0. The van der Waals surface area contributed by atoms with E-state index in [2.05, 4.69) is 41.3 Å². The molecule has 0 atom stereocenters. The first-order chi connectivity index (χ1) is 15.4. The van der Waals surface area contributed by atoms with Crippen molar-refractivity contribution >= 4 is 17.2 Å². The van der Waals surface area contributed by atoms with Gasteiger partial charge >= 0.3 is 0 Å². The zero-order valence-corrected chi connectivity index (χ0v) is 17.0. The number of para-hydroxylation sites is 2. The Labute approximate surface area is 182 Å². The summed E-state index contributed by atoms with van der Waals surface area (Å²) in [6, 6.07) is 42.9. The fourth-order valence-electron chi connectivity index (χ4n) is 3.61. The van der Waals surface area contributed by atoms with Crippen molar-refractivity contribution in [3.05, 3.63) is 127 Å². The first-order valence-corrected chi connectivity index (χ1v) is 10.3. The molecule has 0 N–H and O–H groups in total. The minimum Gasteiger partial charge on any atom is -0.295 e. The molecule has 3 heteroatoms. The van der Waals surface area contributed by atoms with Crippen molar-refractivity contribution in [2.75, 3.05) is 4.90 Å². The van der Waals surface area contributed by atoms with Gasteiger partial charge in [-0.1, -0.05) is 78.9 Å². The van der Waals surface area contributed by atoms with Crippen LogP contribution in [0.2, 0.25) is 0 Å². The first-order valence-electron chi connectivity index (χ1n) is 10.3. The molecule has 3 aromatic carbocycles. The van der Waals surface area contributed by atoms with Crippen molar-refractivity contribution in [1.29, 1.82) is 0 Å². The Hall–Kier alpha value is -4.24. The molecule has 0 fully saturated rings. The highest BCUT2D eigenvalue weighted by Gasteiger charge is 2.14. The van der Waals surface area contributed by atoms with Crippen LogP contribution >= 0.6 is 0 Å². The lowest BCUT2D eigenvalue weighted by Crippen LogP contribution is -2.11. The van der Waals surface area contributed by atoms with Gasteiger partial charge < -0.3 is 0 Å². The Morgan fingerprint density at radius 2 is 0.871 bits per heavy atom. The summed E-state index contributed by atoms with van der Waals surface area (Å²) in [6.45, 7) is 0.